The molecule has 33 heavy (non-hydrogen) atoms. The Morgan fingerprint density at radius 1 is 1.00 bits per heavy atom. The minimum atomic E-state index is 0.0491. The lowest BCUT2D eigenvalue weighted by Gasteiger charge is -2.36. The summed E-state index contributed by atoms with van der Waals surface area (Å²) in [4.78, 5) is 26.4. The highest BCUT2D eigenvalue weighted by Gasteiger charge is 2.24. The summed E-state index contributed by atoms with van der Waals surface area (Å²) in [6.45, 7) is 6.91. The van der Waals surface area contributed by atoms with E-state index in [1.807, 2.05) is 60.4 Å². The predicted molar refractivity (Wildman–Crippen MR) is 135 cm³/mol. The van der Waals surface area contributed by atoms with Crippen LogP contribution in [-0.2, 0) is 17.6 Å². The number of benzene rings is 2. The third-order valence-electron chi connectivity index (χ3n) is 5.92. The predicted octanol–water partition coefficient (Wildman–Crippen LogP) is 4.95. The van der Waals surface area contributed by atoms with Crippen LogP contribution in [0.25, 0.3) is 6.08 Å². The van der Waals surface area contributed by atoms with Crippen LogP contribution in [-0.4, -0.2) is 47.0 Å². The Morgan fingerprint density at radius 2 is 1.70 bits per heavy atom. The Morgan fingerprint density at radius 3 is 2.36 bits per heavy atom. The summed E-state index contributed by atoms with van der Waals surface area (Å²) in [5, 5.41) is 0.733. The van der Waals surface area contributed by atoms with Crippen LogP contribution in [0.15, 0.2) is 60.7 Å². The molecular weight excluding hydrogens is 432 g/mol. The molecule has 1 aromatic heterocycles. The number of rotatable bonds is 6. The molecule has 0 unspecified atom stereocenters. The molecule has 5 nitrogen and oxygen atoms in total. The fourth-order valence-electron chi connectivity index (χ4n) is 4.15. The molecular formula is C27H29ClN4O. The van der Waals surface area contributed by atoms with E-state index in [-0.39, 0.29) is 5.91 Å². The van der Waals surface area contributed by atoms with Crippen molar-refractivity contribution in [2.24, 2.45) is 0 Å². The molecule has 0 bridgehead atoms. The molecule has 0 saturated carbocycles. The topological polar surface area (TPSA) is 49.3 Å². The van der Waals surface area contributed by atoms with E-state index >= 15 is 0 Å². The van der Waals surface area contributed by atoms with Gasteiger partial charge >= 0.3 is 0 Å². The third-order valence-corrected chi connectivity index (χ3v) is 6.17. The van der Waals surface area contributed by atoms with Gasteiger partial charge in [-0.25, -0.2) is 9.97 Å². The third kappa shape index (κ3) is 5.79. The van der Waals surface area contributed by atoms with Crippen LogP contribution in [0.3, 0.4) is 0 Å². The van der Waals surface area contributed by atoms with Crippen LogP contribution in [0.4, 0.5) is 5.82 Å². The van der Waals surface area contributed by atoms with E-state index in [4.69, 9.17) is 21.6 Å². The van der Waals surface area contributed by atoms with Gasteiger partial charge in [-0.15, -0.1) is 0 Å². The fraction of sp³-hybridized carbons (Fsp3) is 0.296. The minimum Gasteiger partial charge on any atom is -0.353 e. The van der Waals surface area contributed by atoms with Crippen molar-refractivity contribution in [3.05, 3.63) is 93.9 Å². The molecule has 1 amide bonds. The van der Waals surface area contributed by atoms with Crippen LogP contribution in [0.1, 0.15) is 35.1 Å². The first-order chi connectivity index (χ1) is 16.0. The smallest absolute Gasteiger partial charge is 0.246 e. The van der Waals surface area contributed by atoms with Crippen molar-refractivity contribution in [3.8, 4) is 0 Å². The summed E-state index contributed by atoms with van der Waals surface area (Å²) in [6, 6.07) is 17.9. The van der Waals surface area contributed by atoms with Crippen molar-refractivity contribution in [1.82, 2.24) is 14.9 Å². The van der Waals surface area contributed by atoms with Crippen LogP contribution < -0.4 is 4.90 Å². The molecule has 0 N–H and O–H groups in total. The molecule has 0 radical (unpaired) electrons. The van der Waals surface area contributed by atoms with Gasteiger partial charge in [-0.05, 0) is 42.7 Å². The Labute approximate surface area is 200 Å². The first-order valence-corrected chi connectivity index (χ1v) is 11.8. The maximum atomic E-state index is 12.7. The van der Waals surface area contributed by atoms with E-state index in [0.29, 0.717) is 13.1 Å². The van der Waals surface area contributed by atoms with Gasteiger partial charge in [0.15, 0.2) is 0 Å². The van der Waals surface area contributed by atoms with Crippen LogP contribution in [0, 0.1) is 6.92 Å². The number of hydrogen-bond acceptors (Lipinski definition) is 4. The van der Waals surface area contributed by atoms with E-state index in [1.165, 1.54) is 5.56 Å². The Bertz CT molecular complexity index is 1120. The first-order valence-electron chi connectivity index (χ1n) is 11.4. The van der Waals surface area contributed by atoms with Crippen molar-refractivity contribution in [1.29, 1.82) is 0 Å². The van der Waals surface area contributed by atoms with Gasteiger partial charge in [0.1, 0.15) is 11.6 Å². The number of amides is 1. The molecule has 6 heteroatoms. The zero-order valence-electron chi connectivity index (χ0n) is 19.2. The van der Waals surface area contributed by atoms with Crippen LogP contribution in [0.5, 0.6) is 0 Å². The van der Waals surface area contributed by atoms with Crippen molar-refractivity contribution >= 4 is 29.4 Å². The average Bonchev–Trinajstić information content (AvgIpc) is 2.85. The molecule has 3 aromatic rings. The highest BCUT2D eigenvalue weighted by Crippen LogP contribution is 2.26. The number of anilines is 1. The first kappa shape index (κ1) is 23.0. The zero-order valence-corrected chi connectivity index (χ0v) is 19.9. The molecule has 4 rings (SSSR count). The van der Waals surface area contributed by atoms with Crippen molar-refractivity contribution in [2.75, 3.05) is 31.1 Å². The standard InChI is InChI=1S/C27H29ClN4O/c1-3-25-24(19-22-9-12-23(28)13-10-22)27(30-20(2)29-25)32-17-15-31(16-18-32)26(33)14-11-21-7-5-4-6-8-21/h4-14H,3,15-19H2,1-2H3. The molecule has 1 saturated heterocycles. The number of halogens is 1. The molecule has 1 aliphatic rings. The number of carbonyl (C=O) groups is 1. The maximum Gasteiger partial charge on any atom is 0.246 e. The molecule has 2 heterocycles. The average molecular weight is 461 g/mol. The van der Waals surface area contributed by atoms with Crippen molar-refractivity contribution in [3.63, 3.8) is 0 Å². The van der Waals surface area contributed by atoms with Crippen LogP contribution >= 0.6 is 11.6 Å². The summed E-state index contributed by atoms with van der Waals surface area (Å²) in [7, 11) is 0. The number of aryl methyl sites for hydroxylation is 2. The zero-order chi connectivity index (χ0) is 23.2. The molecule has 1 aliphatic heterocycles. The Balaban J connectivity index is 1.49. The Kier molecular flexibility index (Phi) is 7.40. The largest absolute Gasteiger partial charge is 0.353 e. The Hall–Kier alpha value is -3.18. The van der Waals surface area contributed by atoms with Crippen molar-refractivity contribution < 1.29 is 4.79 Å². The highest BCUT2D eigenvalue weighted by molar-refractivity contribution is 6.30. The van der Waals surface area contributed by atoms with Gasteiger partial charge in [-0.3, -0.25) is 4.79 Å². The number of carbonyl (C=O) groups excluding carboxylic acids is 1. The van der Waals surface area contributed by atoms with E-state index in [0.717, 1.165) is 59.4 Å². The number of piperazine rings is 1. The van der Waals surface area contributed by atoms with Gasteiger partial charge in [0.2, 0.25) is 5.91 Å². The second-order valence-corrected chi connectivity index (χ2v) is 8.67. The van der Waals surface area contributed by atoms with E-state index in [2.05, 4.69) is 24.0 Å². The quantitative estimate of drug-likeness (QED) is 0.488. The molecule has 170 valence electrons. The molecule has 0 aliphatic carbocycles. The molecule has 1 fully saturated rings. The van der Waals surface area contributed by atoms with Gasteiger partial charge in [0.25, 0.3) is 0 Å². The summed E-state index contributed by atoms with van der Waals surface area (Å²) >= 11 is 6.07. The number of nitrogens with zero attached hydrogens (tertiary/aromatic N) is 4. The normalized spacial score (nSPS) is 14.2. The van der Waals surface area contributed by atoms with E-state index in [1.54, 1.807) is 6.08 Å². The summed E-state index contributed by atoms with van der Waals surface area (Å²) < 4.78 is 0. The lowest BCUT2D eigenvalue weighted by atomic mass is 10.0. The second-order valence-electron chi connectivity index (χ2n) is 8.23. The SMILES string of the molecule is CCc1nc(C)nc(N2CCN(C(=O)C=Cc3ccccc3)CC2)c1Cc1ccc(Cl)cc1. The van der Waals surface area contributed by atoms with E-state index < -0.39 is 0 Å². The fourth-order valence-corrected chi connectivity index (χ4v) is 4.28. The van der Waals surface area contributed by atoms with Gasteiger partial charge < -0.3 is 9.80 Å². The number of hydrogen-bond donors (Lipinski definition) is 0. The number of aromatic nitrogens is 2. The van der Waals surface area contributed by atoms with E-state index in [9.17, 15) is 4.79 Å². The van der Waals surface area contributed by atoms with Crippen LogP contribution in [0.2, 0.25) is 5.02 Å². The van der Waals surface area contributed by atoms with Crippen molar-refractivity contribution in [2.45, 2.75) is 26.7 Å². The van der Waals surface area contributed by atoms with Gasteiger partial charge in [-0.1, -0.05) is 61.0 Å². The second kappa shape index (κ2) is 10.6. The molecule has 2 aromatic carbocycles. The maximum absolute atomic E-state index is 12.7. The van der Waals surface area contributed by atoms with Gasteiger partial charge in [0.05, 0.1) is 0 Å². The molecule has 0 spiro atoms. The summed E-state index contributed by atoms with van der Waals surface area (Å²) in [5.41, 5.74) is 4.45. The highest BCUT2D eigenvalue weighted by atomic mass is 35.5. The molecule has 0 atom stereocenters. The minimum absolute atomic E-state index is 0.0491. The summed E-state index contributed by atoms with van der Waals surface area (Å²) in [5.74, 6) is 1.82. The van der Waals surface area contributed by atoms with Gasteiger partial charge in [-0.2, -0.15) is 0 Å². The summed E-state index contributed by atoms with van der Waals surface area (Å²) in [6.07, 6.45) is 5.15. The monoisotopic (exact) mass is 460 g/mol. The lowest BCUT2D eigenvalue weighted by molar-refractivity contribution is -0.126. The van der Waals surface area contributed by atoms with Gasteiger partial charge in [0, 0.05) is 55.0 Å². The lowest BCUT2D eigenvalue weighted by Crippen LogP contribution is -2.49.